The van der Waals surface area contributed by atoms with Gasteiger partial charge in [-0.3, -0.25) is 4.79 Å². The molecule has 6 heteroatoms. The molecule has 0 unspecified atom stereocenters. The molecule has 6 nitrogen and oxygen atoms in total. The van der Waals surface area contributed by atoms with E-state index in [2.05, 4.69) is 14.9 Å². The number of carbonyl (C=O) groups is 1. The van der Waals surface area contributed by atoms with Crippen LogP contribution in [-0.2, 0) is 11.3 Å². The maximum atomic E-state index is 12.7. The van der Waals surface area contributed by atoms with Gasteiger partial charge >= 0.3 is 0 Å². The van der Waals surface area contributed by atoms with Crippen molar-refractivity contribution in [3.05, 3.63) is 67.1 Å². The highest BCUT2D eigenvalue weighted by atomic mass is 16.2. The van der Waals surface area contributed by atoms with Crippen LogP contribution in [0.3, 0.4) is 0 Å². The Balaban J connectivity index is 1.39. The monoisotopic (exact) mass is 347 g/mol. The van der Waals surface area contributed by atoms with Crippen LogP contribution in [0, 0.1) is 0 Å². The van der Waals surface area contributed by atoms with Crippen LogP contribution < -0.4 is 4.90 Å². The Morgan fingerprint density at radius 2 is 1.65 bits per heavy atom. The molecular weight excluding hydrogens is 326 g/mol. The second kappa shape index (κ2) is 7.39. The number of nitrogens with zero attached hydrogens (tertiary/aromatic N) is 5. The van der Waals surface area contributed by atoms with Crippen LogP contribution in [0.15, 0.2) is 67.1 Å². The van der Waals surface area contributed by atoms with Crippen LogP contribution in [0.4, 0.5) is 5.82 Å². The average Bonchev–Trinajstić information content (AvgIpc) is 3.17. The lowest BCUT2D eigenvalue weighted by molar-refractivity contribution is -0.132. The van der Waals surface area contributed by atoms with Crippen LogP contribution in [0.25, 0.3) is 11.4 Å². The zero-order valence-electron chi connectivity index (χ0n) is 14.5. The summed E-state index contributed by atoms with van der Waals surface area (Å²) in [5, 5.41) is 0. The van der Waals surface area contributed by atoms with Crippen molar-refractivity contribution in [3.63, 3.8) is 0 Å². The molecule has 0 atom stereocenters. The Hall–Kier alpha value is -3.15. The number of carbonyl (C=O) groups excluding carboxylic acids is 1. The van der Waals surface area contributed by atoms with E-state index in [1.54, 1.807) is 12.4 Å². The van der Waals surface area contributed by atoms with Gasteiger partial charge in [-0.2, -0.15) is 0 Å². The lowest BCUT2D eigenvalue weighted by Crippen LogP contribution is -2.49. The van der Waals surface area contributed by atoms with Crippen LogP contribution in [-0.4, -0.2) is 51.5 Å². The lowest BCUT2D eigenvalue weighted by atomic mass is 10.2. The van der Waals surface area contributed by atoms with Crippen molar-refractivity contribution in [3.8, 4) is 11.4 Å². The first kappa shape index (κ1) is 16.3. The number of amides is 1. The van der Waals surface area contributed by atoms with Gasteiger partial charge in [-0.15, -0.1) is 0 Å². The number of imidazole rings is 1. The Labute approximate surface area is 152 Å². The minimum Gasteiger partial charge on any atom is -0.353 e. The number of hydrogen-bond donors (Lipinski definition) is 0. The third-order valence-corrected chi connectivity index (χ3v) is 4.66. The molecule has 0 saturated carbocycles. The van der Waals surface area contributed by atoms with Gasteiger partial charge in [0.25, 0.3) is 0 Å². The minimum absolute atomic E-state index is 0.126. The van der Waals surface area contributed by atoms with Crippen LogP contribution in [0.5, 0.6) is 0 Å². The van der Waals surface area contributed by atoms with E-state index < -0.39 is 0 Å². The Bertz CT molecular complexity index is 854. The molecule has 1 amide bonds. The number of hydrogen-bond acceptors (Lipinski definition) is 4. The maximum Gasteiger partial charge on any atom is 0.242 e. The number of aromatic nitrogens is 3. The normalized spacial score (nSPS) is 14.5. The fourth-order valence-electron chi connectivity index (χ4n) is 3.26. The zero-order valence-corrected chi connectivity index (χ0v) is 14.5. The molecule has 3 heterocycles. The number of piperazine rings is 1. The predicted molar refractivity (Wildman–Crippen MR) is 101 cm³/mol. The Kier molecular flexibility index (Phi) is 4.64. The minimum atomic E-state index is 0.126. The Morgan fingerprint density at radius 1 is 0.885 bits per heavy atom. The van der Waals surface area contributed by atoms with Crippen molar-refractivity contribution >= 4 is 11.7 Å². The van der Waals surface area contributed by atoms with E-state index in [1.165, 1.54) is 0 Å². The number of pyridine rings is 1. The van der Waals surface area contributed by atoms with Gasteiger partial charge in [0.2, 0.25) is 5.91 Å². The molecule has 3 aromatic rings. The van der Waals surface area contributed by atoms with Crippen molar-refractivity contribution in [1.29, 1.82) is 0 Å². The standard InChI is InChI=1S/C20H21N5O/c26-19(16-25-11-10-22-20(25)17-6-2-1-3-7-17)24-14-12-23(13-15-24)18-8-4-5-9-21-18/h1-11H,12-16H2. The van der Waals surface area contributed by atoms with Crippen LogP contribution >= 0.6 is 0 Å². The van der Waals surface area contributed by atoms with Gasteiger partial charge in [-0.05, 0) is 12.1 Å². The van der Waals surface area contributed by atoms with Crippen molar-refractivity contribution in [2.75, 3.05) is 31.1 Å². The first-order valence-electron chi connectivity index (χ1n) is 8.81. The Morgan fingerprint density at radius 3 is 2.38 bits per heavy atom. The summed E-state index contributed by atoms with van der Waals surface area (Å²) >= 11 is 0. The quantitative estimate of drug-likeness (QED) is 0.727. The predicted octanol–water partition coefficient (Wildman–Crippen LogP) is 2.29. The maximum absolute atomic E-state index is 12.7. The molecule has 1 saturated heterocycles. The second-order valence-corrected chi connectivity index (χ2v) is 6.30. The second-order valence-electron chi connectivity index (χ2n) is 6.30. The SMILES string of the molecule is O=C(Cn1ccnc1-c1ccccc1)N1CCN(c2ccccn2)CC1. The summed E-state index contributed by atoms with van der Waals surface area (Å²) in [6.07, 6.45) is 5.41. The number of rotatable bonds is 4. The summed E-state index contributed by atoms with van der Waals surface area (Å²) in [5.74, 6) is 1.92. The third kappa shape index (κ3) is 3.44. The molecule has 2 aromatic heterocycles. The largest absolute Gasteiger partial charge is 0.353 e. The molecule has 1 aromatic carbocycles. The van der Waals surface area contributed by atoms with Gasteiger partial charge in [-0.25, -0.2) is 9.97 Å². The third-order valence-electron chi connectivity index (χ3n) is 4.66. The lowest BCUT2D eigenvalue weighted by Gasteiger charge is -2.35. The van der Waals surface area contributed by atoms with E-state index in [0.717, 1.165) is 30.3 Å². The van der Waals surface area contributed by atoms with Crippen LogP contribution in [0.1, 0.15) is 0 Å². The average molecular weight is 347 g/mol. The van der Waals surface area contributed by atoms with E-state index in [0.29, 0.717) is 19.6 Å². The molecule has 1 aliphatic heterocycles. The van der Waals surface area contributed by atoms with E-state index in [1.807, 2.05) is 64.2 Å². The van der Waals surface area contributed by atoms with Gasteiger partial charge in [0.15, 0.2) is 0 Å². The number of benzene rings is 1. The highest BCUT2D eigenvalue weighted by Gasteiger charge is 2.22. The summed E-state index contributed by atoms with van der Waals surface area (Å²) < 4.78 is 1.92. The zero-order chi connectivity index (χ0) is 17.8. The van der Waals surface area contributed by atoms with E-state index in [9.17, 15) is 4.79 Å². The molecular formula is C20H21N5O. The summed E-state index contributed by atoms with van der Waals surface area (Å²) in [5.41, 5.74) is 1.02. The van der Waals surface area contributed by atoms with Crippen molar-refractivity contribution in [2.45, 2.75) is 6.54 Å². The molecule has 1 aliphatic rings. The molecule has 0 bridgehead atoms. The molecule has 4 rings (SSSR count). The molecule has 132 valence electrons. The van der Waals surface area contributed by atoms with Crippen LogP contribution in [0.2, 0.25) is 0 Å². The van der Waals surface area contributed by atoms with E-state index >= 15 is 0 Å². The topological polar surface area (TPSA) is 54.3 Å². The first-order valence-corrected chi connectivity index (χ1v) is 8.81. The van der Waals surface area contributed by atoms with Crippen molar-refractivity contribution in [2.24, 2.45) is 0 Å². The van der Waals surface area contributed by atoms with Gasteiger partial charge in [0.1, 0.15) is 18.2 Å². The van der Waals surface area contributed by atoms with Crippen molar-refractivity contribution in [1.82, 2.24) is 19.4 Å². The molecule has 0 aliphatic carbocycles. The van der Waals surface area contributed by atoms with Gasteiger partial charge in [-0.1, -0.05) is 36.4 Å². The summed E-state index contributed by atoms with van der Waals surface area (Å²) in [7, 11) is 0. The molecule has 0 spiro atoms. The number of anilines is 1. The van der Waals surface area contributed by atoms with Gasteiger partial charge < -0.3 is 14.4 Å². The molecule has 1 fully saturated rings. The summed E-state index contributed by atoms with van der Waals surface area (Å²) in [6, 6.07) is 15.9. The summed E-state index contributed by atoms with van der Waals surface area (Å²) in [4.78, 5) is 25.7. The van der Waals surface area contributed by atoms with Gasteiger partial charge in [0.05, 0.1) is 0 Å². The highest BCUT2D eigenvalue weighted by Crippen LogP contribution is 2.17. The first-order chi connectivity index (χ1) is 12.8. The summed E-state index contributed by atoms with van der Waals surface area (Å²) in [6.45, 7) is 3.35. The van der Waals surface area contributed by atoms with E-state index in [4.69, 9.17) is 0 Å². The molecule has 0 N–H and O–H groups in total. The van der Waals surface area contributed by atoms with Crippen molar-refractivity contribution < 1.29 is 4.79 Å². The fourth-order valence-corrected chi connectivity index (χ4v) is 3.26. The fraction of sp³-hybridized carbons (Fsp3) is 0.250. The van der Waals surface area contributed by atoms with Gasteiger partial charge in [0, 0.05) is 50.3 Å². The molecule has 26 heavy (non-hydrogen) atoms. The smallest absolute Gasteiger partial charge is 0.242 e. The highest BCUT2D eigenvalue weighted by molar-refractivity contribution is 5.77. The molecule has 0 radical (unpaired) electrons. The van der Waals surface area contributed by atoms with E-state index in [-0.39, 0.29) is 5.91 Å².